The van der Waals surface area contributed by atoms with Crippen molar-refractivity contribution in [2.24, 2.45) is 0 Å². The third kappa shape index (κ3) is 2.45. The van der Waals surface area contributed by atoms with E-state index in [2.05, 4.69) is 4.98 Å². The molecule has 1 atom stereocenters. The van der Waals surface area contributed by atoms with Gasteiger partial charge in [-0.1, -0.05) is 6.07 Å². The van der Waals surface area contributed by atoms with Crippen LogP contribution in [0.15, 0.2) is 29.6 Å². The van der Waals surface area contributed by atoms with Gasteiger partial charge in [0.15, 0.2) is 11.6 Å². The first-order valence-electron chi connectivity index (χ1n) is 6.57. The van der Waals surface area contributed by atoms with Crippen LogP contribution in [0.3, 0.4) is 0 Å². The summed E-state index contributed by atoms with van der Waals surface area (Å²) in [7, 11) is 0. The predicted molar refractivity (Wildman–Crippen MR) is 82.2 cm³/mol. The Balaban J connectivity index is 2.27. The molecule has 21 heavy (non-hydrogen) atoms. The summed E-state index contributed by atoms with van der Waals surface area (Å²) < 4.78 is 29.6. The molecule has 3 rings (SSSR count). The molecule has 6 heteroatoms. The molecule has 0 saturated carbocycles. The van der Waals surface area contributed by atoms with Crippen molar-refractivity contribution in [1.82, 2.24) is 9.55 Å². The van der Waals surface area contributed by atoms with Crippen molar-refractivity contribution in [2.75, 3.05) is 5.88 Å². The number of fused-ring (bicyclic) bond motifs is 1. The Morgan fingerprint density at radius 3 is 2.81 bits per heavy atom. The molecule has 1 aromatic carbocycles. The lowest BCUT2D eigenvalue weighted by atomic mass is 10.2. The fraction of sp³-hybridized carbons (Fsp3) is 0.267. The molecule has 110 valence electrons. The van der Waals surface area contributed by atoms with Crippen molar-refractivity contribution in [1.29, 1.82) is 0 Å². The van der Waals surface area contributed by atoms with Gasteiger partial charge in [-0.05, 0) is 30.5 Å². The summed E-state index contributed by atoms with van der Waals surface area (Å²) in [6.45, 7) is 1.95. The van der Waals surface area contributed by atoms with Gasteiger partial charge < -0.3 is 4.57 Å². The minimum absolute atomic E-state index is 0.121. The molecule has 0 radical (unpaired) electrons. The van der Waals surface area contributed by atoms with Crippen molar-refractivity contribution in [2.45, 2.75) is 19.4 Å². The highest BCUT2D eigenvalue weighted by Gasteiger charge is 2.22. The standard InChI is InChI=1S/C15H13ClF2N2S/c1-9(12-3-2-8-21-12)20-13(6-7-16)19-11-5-4-10(17)14(18)15(11)20/h2-5,8-9H,6-7H2,1H3. The van der Waals surface area contributed by atoms with Crippen LogP contribution in [0.4, 0.5) is 8.78 Å². The zero-order chi connectivity index (χ0) is 15.0. The van der Waals surface area contributed by atoms with E-state index in [0.29, 0.717) is 23.6 Å². The van der Waals surface area contributed by atoms with E-state index in [0.717, 1.165) is 10.9 Å². The molecule has 1 unspecified atom stereocenters. The molecule has 0 saturated heterocycles. The molecule has 0 aliphatic rings. The van der Waals surface area contributed by atoms with E-state index >= 15 is 0 Å². The Morgan fingerprint density at radius 2 is 2.14 bits per heavy atom. The highest BCUT2D eigenvalue weighted by molar-refractivity contribution is 7.10. The Labute approximate surface area is 130 Å². The Kier molecular flexibility index (Phi) is 3.95. The summed E-state index contributed by atoms with van der Waals surface area (Å²) in [4.78, 5) is 5.48. The summed E-state index contributed by atoms with van der Waals surface area (Å²) in [6.07, 6.45) is 0.507. The van der Waals surface area contributed by atoms with Gasteiger partial charge in [0.05, 0.1) is 11.6 Å². The van der Waals surface area contributed by atoms with Crippen LogP contribution in [-0.2, 0) is 6.42 Å². The summed E-state index contributed by atoms with van der Waals surface area (Å²) >= 11 is 7.39. The lowest BCUT2D eigenvalue weighted by Crippen LogP contribution is -2.11. The van der Waals surface area contributed by atoms with Crippen LogP contribution in [0.1, 0.15) is 23.7 Å². The molecule has 2 heterocycles. The van der Waals surface area contributed by atoms with Crippen LogP contribution in [-0.4, -0.2) is 15.4 Å². The van der Waals surface area contributed by atoms with Crippen LogP contribution in [0.2, 0.25) is 0 Å². The molecule has 0 aliphatic heterocycles. The second-order valence-electron chi connectivity index (χ2n) is 4.76. The molecule has 0 spiro atoms. The van der Waals surface area contributed by atoms with E-state index in [9.17, 15) is 8.78 Å². The highest BCUT2D eigenvalue weighted by atomic mass is 35.5. The number of halogens is 3. The van der Waals surface area contributed by atoms with E-state index in [1.165, 1.54) is 6.07 Å². The summed E-state index contributed by atoms with van der Waals surface area (Å²) in [5.74, 6) is -0.668. The maximum absolute atomic E-state index is 14.2. The second kappa shape index (κ2) is 5.73. The number of hydrogen-bond donors (Lipinski definition) is 0. The van der Waals surface area contributed by atoms with E-state index in [1.807, 2.05) is 24.4 Å². The maximum atomic E-state index is 14.2. The monoisotopic (exact) mass is 326 g/mol. The minimum Gasteiger partial charge on any atom is -0.317 e. The number of aryl methyl sites for hydroxylation is 1. The molecular formula is C15H13ClF2N2S. The van der Waals surface area contributed by atoms with Gasteiger partial charge in [0.1, 0.15) is 11.3 Å². The zero-order valence-electron chi connectivity index (χ0n) is 11.3. The van der Waals surface area contributed by atoms with Crippen LogP contribution in [0, 0.1) is 11.6 Å². The van der Waals surface area contributed by atoms with Gasteiger partial charge in [-0.25, -0.2) is 13.8 Å². The van der Waals surface area contributed by atoms with Crippen LogP contribution >= 0.6 is 22.9 Å². The molecule has 3 aromatic rings. The highest BCUT2D eigenvalue weighted by Crippen LogP contribution is 2.31. The topological polar surface area (TPSA) is 17.8 Å². The van der Waals surface area contributed by atoms with E-state index < -0.39 is 11.6 Å². The molecule has 2 aromatic heterocycles. The smallest absolute Gasteiger partial charge is 0.184 e. The molecule has 0 fully saturated rings. The number of alkyl halides is 1. The lowest BCUT2D eigenvalue weighted by Gasteiger charge is -2.16. The number of hydrogen-bond acceptors (Lipinski definition) is 2. The van der Waals surface area contributed by atoms with Gasteiger partial charge in [-0.15, -0.1) is 22.9 Å². The first-order valence-corrected chi connectivity index (χ1v) is 7.99. The second-order valence-corrected chi connectivity index (χ2v) is 6.11. The molecule has 0 bridgehead atoms. The van der Waals surface area contributed by atoms with Gasteiger partial charge in [0.2, 0.25) is 0 Å². The van der Waals surface area contributed by atoms with Crippen LogP contribution < -0.4 is 0 Å². The predicted octanol–water partition coefficient (Wildman–Crippen LogP) is 4.77. The number of aromatic nitrogens is 2. The van der Waals surface area contributed by atoms with Gasteiger partial charge >= 0.3 is 0 Å². The van der Waals surface area contributed by atoms with E-state index in [1.54, 1.807) is 15.9 Å². The number of benzene rings is 1. The van der Waals surface area contributed by atoms with Crippen molar-refractivity contribution in [3.05, 3.63) is 52.0 Å². The van der Waals surface area contributed by atoms with Crippen LogP contribution in [0.25, 0.3) is 11.0 Å². The number of rotatable bonds is 4. The van der Waals surface area contributed by atoms with E-state index in [-0.39, 0.29) is 11.6 Å². The van der Waals surface area contributed by atoms with Crippen molar-refractivity contribution in [3.63, 3.8) is 0 Å². The van der Waals surface area contributed by atoms with Gasteiger partial charge in [-0.3, -0.25) is 0 Å². The third-order valence-corrected chi connectivity index (χ3v) is 4.71. The summed E-state index contributed by atoms with van der Waals surface area (Å²) in [5, 5.41) is 1.96. The fourth-order valence-electron chi connectivity index (χ4n) is 2.51. The minimum atomic E-state index is -0.862. The lowest BCUT2D eigenvalue weighted by molar-refractivity contribution is 0.507. The van der Waals surface area contributed by atoms with Gasteiger partial charge in [0, 0.05) is 17.2 Å². The summed E-state index contributed by atoms with van der Waals surface area (Å²) in [5.41, 5.74) is 0.661. The first kappa shape index (κ1) is 14.5. The number of nitrogens with zero attached hydrogens (tertiary/aromatic N) is 2. The molecule has 0 amide bonds. The molecule has 0 N–H and O–H groups in total. The maximum Gasteiger partial charge on any atom is 0.184 e. The Morgan fingerprint density at radius 1 is 1.33 bits per heavy atom. The average molecular weight is 327 g/mol. The molecule has 2 nitrogen and oxygen atoms in total. The Bertz CT molecular complexity index is 768. The number of thiophene rings is 1. The van der Waals surface area contributed by atoms with Gasteiger partial charge in [-0.2, -0.15) is 0 Å². The Hall–Kier alpha value is -1.46. The first-order chi connectivity index (χ1) is 10.1. The van der Waals surface area contributed by atoms with Crippen molar-refractivity contribution in [3.8, 4) is 0 Å². The normalized spacial score (nSPS) is 13.0. The summed E-state index contributed by atoms with van der Waals surface area (Å²) in [6, 6.07) is 6.40. The quantitative estimate of drug-likeness (QED) is 0.632. The molecular weight excluding hydrogens is 314 g/mol. The zero-order valence-corrected chi connectivity index (χ0v) is 12.9. The SMILES string of the molecule is CC(c1cccs1)n1c(CCCl)nc2ccc(F)c(F)c21. The van der Waals surface area contributed by atoms with Crippen molar-refractivity contribution >= 4 is 34.0 Å². The van der Waals surface area contributed by atoms with Crippen molar-refractivity contribution < 1.29 is 8.78 Å². The number of imidazole rings is 1. The fourth-order valence-corrected chi connectivity index (χ4v) is 3.45. The largest absolute Gasteiger partial charge is 0.317 e. The van der Waals surface area contributed by atoms with E-state index in [4.69, 9.17) is 11.6 Å². The van der Waals surface area contributed by atoms with Gasteiger partial charge in [0.25, 0.3) is 0 Å². The van der Waals surface area contributed by atoms with Crippen LogP contribution in [0.5, 0.6) is 0 Å². The average Bonchev–Trinajstić information content (AvgIpc) is 3.10. The third-order valence-electron chi connectivity index (χ3n) is 3.48. The molecule has 0 aliphatic carbocycles.